The van der Waals surface area contributed by atoms with Crippen LogP contribution in [0, 0.1) is 6.92 Å². The van der Waals surface area contributed by atoms with Gasteiger partial charge < -0.3 is 5.32 Å². The van der Waals surface area contributed by atoms with Crippen molar-refractivity contribution in [2.45, 2.75) is 36.5 Å². The second-order valence-corrected chi connectivity index (χ2v) is 9.75. The molecule has 1 aliphatic rings. The summed E-state index contributed by atoms with van der Waals surface area (Å²) in [5, 5.41) is 3.06. The topological polar surface area (TPSA) is 75.3 Å². The van der Waals surface area contributed by atoms with E-state index in [2.05, 4.69) is 22.2 Å². The summed E-state index contributed by atoms with van der Waals surface area (Å²) in [4.78, 5) is 13.0. The molecule has 31 heavy (non-hydrogen) atoms. The summed E-state index contributed by atoms with van der Waals surface area (Å²) >= 11 is 0. The molecule has 0 heterocycles. The van der Waals surface area contributed by atoms with Crippen LogP contribution in [0.15, 0.2) is 83.8 Å². The van der Waals surface area contributed by atoms with E-state index in [4.69, 9.17) is 0 Å². The Balaban J connectivity index is 1.39. The van der Waals surface area contributed by atoms with Crippen LogP contribution in [0.25, 0.3) is 0 Å². The average Bonchev–Trinajstić information content (AvgIpc) is 3.57. The van der Waals surface area contributed by atoms with Crippen LogP contribution in [-0.2, 0) is 26.7 Å². The standard InChI is InChI=1S/C25H26N2O3S/c1-19-7-13-23(14-8-19)31(29,30)27-22-11-9-21(10-12-22)25(16-17-25)24(28)26-18-15-20-5-3-2-4-6-20/h2-14,27H,15-18H2,1H3,(H,26,28). The number of benzene rings is 3. The van der Waals surface area contributed by atoms with E-state index in [1.54, 1.807) is 36.4 Å². The Labute approximate surface area is 183 Å². The van der Waals surface area contributed by atoms with Crippen LogP contribution in [0.2, 0.25) is 0 Å². The first kappa shape index (κ1) is 21.1. The number of amides is 1. The number of carbonyl (C=O) groups is 1. The Morgan fingerprint density at radius 3 is 2.16 bits per heavy atom. The average molecular weight is 435 g/mol. The van der Waals surface area contributed by atoms with E-state index in [-0.39, 0.29) is 10.8 Å². The molecule has 2 N–H and O–H groups in total. The predicted octanol–water partition coefficient (Wildman–Crippen LogP) is 4.19. The van der Waals surface area contributed by atoms with Crippen molar-refractivity contribution >= 4 is 21.6 Å². The molecule has 0 unspecified atom stereocenters. The summed E-state index contributed by atoms with van der Waals surface area (Å²) in [6, 6.07) is 23.9. The highest BCUT2D eigenvalue weighted by atomic mass is 32.2. The van der Waals surface area contributed by atoms with Gasteiger partial charge in [0, 0.05) is 12.2 Å². The van der Waals surface area contributed by atoms with E-state index in [1.165, 1.54) is 5.56 Å². The molecule has 160 valence electrons. The van der Waals surface area contributed by atoms with Crippen LogP contribution in [0.1, 0.15) is 29.5 Å². The summed E-state index contributed by atoms with van der Waals surface area (Å²) in [6.07, 6.45) is 2.40. The predicted molar refractivity (Wildman–Crippen MR) is 122 cm³/mol. The molecule has 0 radical (unpaired) electrons. The van der Waals surface area contributed by atoms with Gasteiger partial charge in [-0.25, -0.2) is 8.42 Å². The van der Waals surface area contributed by atoms with Crippen LogP contribution in [0.5, 0.6) is 0 Å². The number of hydrogen-bond donors (Lipinski definition) is 2. The highest BCUT2D eigenvalue weighted by molar-refractivity contribution is 7.92. The van der Waals surface area contributed by atoms with E-state index < -0.39 is 15.4 Å². The maximum Gasteiger partial charge on any atom is 0.261 e. The normalized spacial score (nSPS) is 14.6. The number of carbonyl (C=O) groups excluding carboxylic acids is 1. The van der Waals surface area contributed by atoms with Gasteiger partial charge in [0.25, 0.3) is 10.0 Å². The van der Waals surface area contributed by atoms with E-state index >= 15 is 0 Å². The zero-order valence-electron chi connectivity index (χ0n) is 17.5. The second kappa shape index (κ2) is 8.55. The Morgan fingerprint density at radius 2 is 1.55 bits per heavy atom. The number of sulfonamides is 1. The lowest BCUT2D eigenvalue weighted by atomic mass is 9.94. The van der Waals surface area contributed by atoms with Gasteiger partial charge in [-0.3, -0.25) is 9.52 Å². The number of hydrogen-bond acceptors (Lipinski definition) is 3. The molecule has 1 fully saturated rings. The fourth-order valence-corrected chi connectivity index (χ4v) is 4.75. The lowest BCUT2D eigenvalue weighted by Crippen LogP contribution is -2.35. The maximum atomic E-state index is 12.8. The molecule has 0 spiro atoms. The summed E-state index contributed by atoms with van der Waals surface area (Å²) in [6.45, 7) is 2.51. The van der Waals surface area contributed by atoms with Crippen LogP contribution in [0.3, 0.4) is 0 Å². The smallest absolute Gasteiger partial charge is 0.261 e. The van der Waals surface area contributed by atoms with E-state index in [0.717, 1.165) is 30.4 Å². The van der Waals surface area contributed by atoms with Crippen molar-refractivity contribution in [3.8, 4) is 0 Å². The van der Waals surface area contributed by atoms with Gasteiger partial charge in [0.15, 0.2) is 0 Å². The van der Waals surface area contributed by atoms with Gasteiger partial charge in [0.1, 0.15) is 0 Å². The molecule has 3 aromatic rings. The van der Waals surface area contributed by atoms with Gasteiger partial charge in [-0.2, -0.15) is 0 Å². The second-order valence-electron chi connectivity index (χ2n) is 8.07. The minimum absolute atomic E-state index is 0.0383. The van der Waals surface area contributed by atoms with Crippen molar-refractivity contribution in [3.63, 3.8) is 0 Å². The minimum atomic E-state index is -3.65. The largest absolute Gasteiger partial charge is 0.355 e. The minimum Gasteiger partial charge on any atom is -0.355 e. The SMILES string of the molecule is Cc1ccc(S(=O)(=O)Nc2ccc(C3(C(=O)NCCc4ccccc4)CC3)cc2)cc1. The third-order valence-corrected chi connectivity index (χ3v) is 7.14. The van der Waals surface area contributed by atoms with Crippen LogP contribution >= 0.6 is 0 Å². The molecule has 1 aliphatic carbocycles. The summed E-state index contributed by atoms with van der Waals surface area (Å²) in [5.41, 5.74) is 3.09. The van der Waals surface area contributed by atoms with E-state index in [9.17, 15) is 13.2 Å². The van der Waals surface area contributed by atoms with Gasteiger partial charge >= 0.3 is 0 Å². The maximum absolute atomic E-state index is 12.8. The molecule has 0 aromatic heterocycles. The molecule has 4 rings (SSSR count). The molecule has 1 saturated carbocycles. The van der Waals surface area contributed by atoms with Crippen molar-refractivity contribution in [1.29, 1.82) is 0 Å². The van der Waals surface area contributed by atoms with Crippen molar-refractivity contribution in [3.05, 3.63) is 95.6 Å². The summed E-state index contributed by atoms with van der Waals surface area (Å²) in [5.74, 6) is 0.0383. The monoisotopic (exact) mass is 434 g/mol. The van der Waals surface area contributed by atoms with Gasteiger partial charge in [-0.05, 0) is 61.6 Å². The molecule has 5 nitrogen and oxygen atoms in total. The van der Waals surface area contributed by atoms with Gasteiger partial charge in [-0.1, -0.05) is 60.2 Å². The Kier molecular flexibility index (Phi) is 5.83. The zero-order valence-corrected chi connectivity index (χ0v) is 18.3. The number of anilines is 1. The molecule has 3 aromatic carbocycles. The molecule has 0 bridgehead atoms. The molecule has 6 heteroatoms. The van der Waals surface area contributed by atoms with Crippen molar-refractivity contribution in [1.82, 2.24) is 5.32 Å². The first-order chi connectivity index (χ1) is 14.9. The van der Waals surface area contributed by atoms with Crippen LogP contribution in [-0.4, -0.2) is 20.9 Å². The molecule has 0 saturated heterocycles. The third kappa shape index (κ3) is 4.80. The fraction of sp³-hybridized carbons (Fsp3) is 0.240. The van der Waals surface area contributed by atoms with E-state index in [1.807, 2.05) is 37.3 Å². The fourth-order valence-electron chi connectivity index (χ4n) is 3.69. The highest BCUT2D eigenvalue weighted by Crippen LogP contribution is 2.48. The molecule has 0 atom stereocenters. The number of rotatable bonds is 8. The number of aryl methyl sites for hydroxylation is 1. The first-order valence-electron chi connectivity index (χ1n) is 10.4. The lowest BCUT2D eigenvalue weighted by Gasteiger charge is -2.17. The lowest BCUT2D eigenvalue weighted by molar-refractivity contribution is -0.123. The Bertz CT molecular complexity index is 1150. The van der Waals surface area contributed by atoms with Gasteiger partial charge in [0.05, 0.1) is 10.3 Å². The Morgan fingerprint density at radius 1 is 0.903 bits per heavy atom. The Hall–Kier alpha value is -3.12. The van der Waals surface area contributed by atoms with Gasteiger partial charge in [-0.15, -0.1) is 0 Å². The van der Waals surface area contributed by atoms with Crippen LogP contribution < -0.4 is 10.0 Å². The first-order valence-corrected chi connectivity index (χ1v) is 11.9. The highest BCUT2D eigenvalue weighted by Gasteiger charge is 2.51. The van der Waals surface area contributed by atoms with Crippen molar-refractivity contribution in [2.75, 3.05) is 11.3 Å². The zero-order chi connectivity index (χ0) is 21.9. The molecular formula is C25H26N2O3S. The third-order valence-electron chi connectivity index (χ3n) is 5.75. The summed E-state index contributed by atoms with van der Waals surface area (Å²) < 4.78 is 27.8. The number of nitrogens with one attached hydrogen (secondary N) is 2. The van der Waals surface area contributed by atoms with Gasteiger partial charge in [0.2, 0.25) is 5.91 Å². The molecule has 0 aliphatic heterocycles. The molecular weight excluding hydrogens is 408 g/mol. The summed E-state index contributed by atoms with van der Waals surface area (Å²) in [7, 11) is -3.65. The van der Waals surface area contributed by atoms with E-state index in [0.29, 0.717) is 12.2 Å². The van der Waals surface area contributed by atoms with Crippen molar-refractivity contribution < 1.29 is 13.2 Å². The van der Waals surface area contributed by atoms with Crippen LogP contribution in [0.4, 0.5) is 5.69 Å². The van der Waals surface area contributed by atoms with Crippen molar-refractivity contribution in [2.24, 2.45) is 0 Å². The molecule has 1 amide bonds. The quantitative estimate of drug-likeness (QED) is 0.558.